The van der Waals surface area contributed by atoms with E-state index < -0.39 is 11.7 Å². The molecule has 9 nitrogen and oxygen atoms in total. The minimum Gasteiger partial charge on any atom is -0.455 e. The molecule has 0 spiro atoms. The predicted molar refractivity (Wildman–Crippen MR) is 159 cm³/mol. The van der Waals surface area contributed by atoms with Gasteiger partial charge in [0.1, 0.15) is 17.1 Å². The van der Waals surface area contributed by atoms with Crippen LogP contribution in [0.2, 0.25) is 0 Å². The van der Waals surface area contributed by atoms with Crippen LogP contribution < -0.4 is 4.74 Å². The van der Waals surface area contributed by atoms with Crippen molar-refractivity contribution in [3.05, 3.63) is 77.1 Å². The van der Waals surface area contributed by atoms with E-state index in [1.165, 1.54) is 6.20 Å². The molecule has 0 radical (unpaired) electrons. The Bertz CT molecular complexity index is 1630. The van der Waals surface area contributed by atoms with Crippen LogP contribution in [-0.2, 0) is 30.5 Å². The van der Waals surface area contributed by atoms with Crippen molar-refractivity contribution in [1.82, 2.24) is 34.6 Å². The molecule has 0 aliphatic carbocycles. The van der Waals surface area contributed by atoms with Gasteiger partial charge in [-0.3, -0.25) is 19.7 Å². The summed E-state index contributed by atoms with van der Waals surface area (Å²) < 4.78 is 48.5. The third-order valence-corrected chi connectivity index (χ3v) is 8.63. The number of nitrogens with one attached hydrogen (secondary N) is 1. The molecule has 2 aliphatic rings. The average Bonchev–Trinajstić information content (AvgIpc) is 3.51. The number of rotatable bonds is 8. The van der Waals surface area contributed by atoms with Crippen LogP contribution >= 0.6 is 0 Å². The number of pyridine rings is 3. The lowest BCUT2D eigenvalue weighted by atomic mass is 9.92. The predicted octanol–water partition coefficient (Wildman–Crippen LogP) is 5.38. The molecule has 1 atom stereocenters. The fourth-order valence-corrected chi connectivity index (χ4v) is 6.10. The number of ether oxygens (including phenoxy) is 1. The molecule has 1 amide bonds. The number of nitrogens with zero attached hydrogens (tertiary/aromatic N) is 6. The molecule has 2 aliphatic heterocycles. The highest BCUT2D eigenvalue weighted by Gasteiger charge is 2.36. The third kappa shape index (κ3) is 6.41. The summed E-state index contributed by atoms with van der Waals surface area (Å²) in [6.07, 6.45) is 2.60. The van der Waals surface area contributed by atoms with Crippen LogP contribution in [0.5, 0.6) is 11.5 Å². The topological polar surface area (TPSA) is 90.5 Å². The molecule has 44 heavy (non-hydrogen) atoms. The average molecular weight is 608 g/mol. The number of H-pyrrole nitrogens is 1. The van der Waals surface area contributed by atoms with E-state index in [1.807, 2.05) is 24.0 Å². The van der Waals surface area contributed by atoms with Crippen LogP contribution in [-0.4, -0.2) is 79.8 Å². The number of amides is 1. The summed E-state index contributed by atoms with van der Waals surface area (Å²) in [5, 5.41) is 0.838. The largest absolute Gasteiger partial charge is 0.455 e. The first kappa shape index (κ1) is 30.0. The molecule has 6 heterocycles. The Balaban J connectivity index is 1.17. The van der Waals surface area contributed by atoms with E-state index in [9.17, 15) is 18.0 Å². The molecular formula is C32H36F3N7O2. The molecule has 0 bridgehead atoms. The third-order valence-electron chi connectivity index (χ3n) is 8.63. The van der Waals surface area contributed by atoms with Gasteiger partial charge in [0.2, 0.25) is 5.91 Å². The van der Waals surface area contributed by atoms with E-state index in [4.69, 9.17) is 9.72 Å². The van der Waals surface area contributed by atoms with Gasteiger partial charge in [-0.1, -0.05) is 13.8 Å². The van der Waals surface area contributed by atoms with E-state index >= 15 is 0 Å². The Morgan fingerprint density at radius 3 is 2.59 bits per heavy atom. The van der Waals surface area contributed by atoms with Crippen molar-refractivity contribution < 1.29 is 22.7 Å². The Hall–Kier alpha value is -4.03. The van der Waals surface area contributed by atoms with Crippen LogP contribution in [0.3, 0.4) is 0 Å². The van der Waals surface area contributed by atoms with Gasteiger partial charge < -0.3 is 19.5 Å². The number of hydrogen-bond acceptors (Lipinski definition) is 7. The number of aromatic nitrogens is 4. The number of fused-ring (bicyclic) bond motifs is 2. The van der Waals surface area contributed by atoms with Gasteiger partial charge in [0.15, 0.2) is 0 Å². The zero-order chi connectivity index (χ0) is 30.8. The molecule has 1 fully saturated rings. The maximum absolute atomic E-state index is 14.1. The smallest absolute Gasteiger partial charge is 0.418 e. The number of halogens is 3. The fraction of sp³-hybridized carbons (Fsp3) is 0.438. The van der Waals surface area contributed by atoms with Crippen molar-refractivity contribution in [2.24, 2.45) is 0 Å². The molecule has 4 aromatic heterocycles. The highest BCUT2D eigenvalue weighted by atomic mass is 19.4. The molecule has 0 unspecified atom stereocenters. The van der Waals surface area contributed by atoms with E-state index in [-0.39, 0.29) is 36.0 Å². The number of alkyl halides is 3. The maximum Gasteiger partial charge on any atom is 0.418 e. The van der Waals surface area contributed by atoms with Crippen LogP contribution in [0.15, 0.2) is 49.1 Å². The quantitative estimate of drug-likeness (QED) is 0.288. The second kappa shape index (κ2) is 12.5. The molecule has 0 aromatic carbocycles. The maximum atomic E-state index is 14.1. The van der Waals surface area contributed by atoms with Gasteiger partial charge in [0.25, 0.3) is 0 Å². The minimum atomic E-state index is -4.56. The lowest BCUT2D eigenvalue weighted by molar-refractivity contribution is -0.139. The molecule has 4 aromatic rings. The zero-order valence-electron chi connectivity index (χ0n) is 24.9. The van der Waals surface area contributed by atoms with Crippen LogP contribution in [0, 0.1) is 0 Å². The number of hydrogen-bond donors (Lipinski definition) is 1. The SMILES string of the molecule is CC[C@H]1CN(C(=O)Cc2cnc(CN3CCN(CC)CC3)c(C(F)(F)F)c2)Cc2cc(Oc3ccnc4[nH]ccc34)cnc21. The van der Waals surface area contributed by atoms with Crippen molar-refractivity contribution in [1.29, 1.82) is 0 Å². The standard InChI is InChI=1S/C32H36F3N7O2/c1-3-22-18-42(19-23-15-24(17-39-30(22)23)44-28-6-8-37-31-25(28)5-7-36-31)29(43)14-21-13-26(32(33,34)35)27(38-16-21)20-41-11-9-40(4-2)10-12-41/h5-8,13,15-17,22H,3-4,9-12,14,18-20H2,1-2H3,(H,36,37)/t22-/m0/s1. The molecular weight excluding hydrogens is 571 g/mol. The number of carbonyl (C=O) groups excluding carboxylic acids is 1. The fourth-order valence-electron chi connectivity index (χ4n) is 6.10. The summed E-state index contributed by atoms with van der Waals surface area (Å²) in [7, 11) is 0. The molecule has 232 valence electrons. The first-order valence-electron chi connectivity index (χ1n) is 15.1. The summed E-state index contributed by atoms with van der Waals surface area (Å²) in [6.45, 7) is 8.97. The lowest BCUT2D eigenvalue weighted by Crippen LogP contribution is -2.45. The van der Waals surface area contributed by atoms with Gasteiger partial charge in [-0.15, -0.1) is 0 Å². The Labute approximate surface area is 254 Å². The Kier molecular flexibility index (Phi) is 8.55. The van der Waals surface area contributed by atoms with Crippen LogP contribution in [0.25, 0.3) is 11.0 Å². The number of aromatic amines is 1. The number of likely N-dealkylation sites (N-methyl/N-ethyl adjacent to an activating group) is 1. The normalized spacial score (nSPS) is 18.0. The van der Waals surface area contributed by atoms with Crippen molar-refractivity contribution in [3.63, 3.8) is 0 Å². The molecule has 1 saturated heterocycles. The summed E-state index contributed by atoms with van der Waals surface area (Å²) in [6, 6.07) is 6.65. The molecule has 6 rings (SSSR count). The van der Waals surface area contributed by atoms with Gasteiger partial charge >= 0.3 is 6.18 Å². The zero-order valence-corrected chi connectivity index (χ0v) is 24.9. The second-order valence-corrected chi connectivity index (χ2v) is 11.5. The van der Waals surface area contributed by atoms with E-state index in [0.717, 1.165) is 48.8 Å². The monoisotopic (exact) mass is 607 g/mol. The van der Waals surface area contributed by atoms with Crippen molar-refractivity contribution in [3.8, 4) is 11.5 Å². The summed E-state index contributed by atoms with van der Waals surface area (Å²) in [5.41, 5.74) is 1.97. The highest BCUT2D eigenvalue weighted by molar-refractivity contribution is 5.82. The van der Waals surface area contributed by atoms with E-state index in [0.29, 0.717) is 43.3 Å². The van der Waals surface area contributed by atoms with Crippen molar-refractivity contribution in [2.75, 3.05) is 39.3 Å². The van der Waals surface area contributed by atoms with Gasteiger partial charge in [-0.2, -0.15) is 13.2 Å². The van der Waals surface area contributed by atoms with Gasteiger partial charge in [0, 0.05) is 70.3 Å². The molecule has 1 N–H and O–H groups in total. The highest BCUT2D eigenvalue weighted by Crippen LogP contribution is 2.35. The summed E-state index contributed by atoms with van der Waals surface area (Å²) >= 11 is 0. The van der Waals surface area contributed by atoms with Crippen molar-refractivity contribution >= 4 is 16.9 Å². The first-order valence-corrected chi connectivity index (χ1v) is 15.1. The van der Waals surface area contributed by atoms with E-state index in [2.05, 4.69) is 26.8 Å². The minimum absolute atomic E-state index is 0.00121. The van der Waals surface area contributed by atoms with Gasteiger partial charge in [-0.25, -0.2) is 4.98 Å². The van der Waals surface area contributed by atoms with Gasteiger partial charge in [0.05, 0.1) is 35.0 Å². The molecule has 0 saturated carbocycles. The van der Waals surface area contributed by atoms with E-state index in [1.54, 1.807) is 29.6 Å². The number of piperazine rings is 1. The van der Waals surface area contributed by atoms with Crippen LogP contribution in [0.1, 0.15) is 54.3 Å². The Morgan fingerprint density at radius 2 is 1.84 bits per heavy atom. The van der Waals surface area contributed by atoms with Gasteiger partial charge in [-0.05, 0) is 48.4 Å². The number of carbonyl (C=O) groups is 1. The first-order chi connectivity index (χ1) is 21.2. The summed E-state index contributed by atoms with van der Waals surface area (Å²) in [4.78, 5) is 35.8. The van der Waals surface area contributed by atoms with Crippen LogP contribution in [0.4, 0.5) is 13.2 Å². The second-order valence-electron chi connectivity index (χ2n) is 11.5. The van der Waals surface area contributed by atoms with Crippen molar-refractivity contribution in [2.45, 2.75) is 51.9 Å². The lowest BCUT2D eigenvalue weighted by Gasteiger charge is -2.34. The Morgan fingerprint density at radius 1 is 1.05 bits per heavy atom. The summed E-state index contributed by atoms with van der Waals surface area (Å²) in [5.74, 6) is 0.927. The molecule has 12 heteroatoms.